The number of nitrogens with one attached hydrogen (secondary N) is 1. The molecule has 0 radical (unpaired) electrons. The van der Waals surface area contributed by atoms with E-state index in [1.165, 1.54) is 5.56 Å². The minimum atomic E-state index is 0.205. The summed E-state index contributed by atoms with van der Waals surface area (Å²) < 4.78 is 0.657. The molecule has 4 heteroatoms. The second kappa shape index (κ2) is 5.52. The van der Waals surface area contributed by atoms with Crippen LogP contribution in [-0.4, -0.2) is 4.98 Å². The molecule has 1 N–H and O–H groups in total. The lowest BCUT2D eigenvalue weighted by Gasteiger charge is -2.15. The zero-order valence-corrected chi connectivity index (χ0v) is 11.7. The van der Waals surface area contributed by atoms with Crippen LogP contribution in [0.2, 0.25) is 5.02 Å². The molecule has 0 fully saturated rings. The fraction of sp³-hybridized carbons (Fsp3) is 0.154. The standard InChI is InChI=1S/C13H12BrClN2/c1-9(10-5-3-2-4-6-10)16-12-8-7-11(15)13(14)17-12/h2-9H,1H3,(H,16,17)/t9-/m0/s1. The summed E-state index contributed by atoms with van der Waals surface area (Å²) in [6.07, 6.45) is 0. The highest BCUT2D eigenvalue weighted by molar-refractivity contribution is 9.10. The van der Waals surface area contributed by atoms with Crippen LogP contribution >= 0.6 is 27.5 Å². The number of anilines is 1. The molecule has 0 unspecified atom stereocenters. The number of rotatable bonds is 3. The number of pyridine rings is 1. The molecule has 0 aliphatic heterocycles. The highest BCUT2D eigenvalue weighted by Crippen LogP contribution is 2.24. The average Bonchev–Trinajstić information content (AvgIpc) is 2.35. The maximum absolute atomic E-state index is 5.90. The number of hydrogen-bond acceptors (Lipinski definition) is 2. The summed E-state index contributed by atoms with van der Waals surface area (Å²) in [7, 11) is 0. The molecule has 1 aromatic heterocycles. The SMILES string of the molecule is C[C@H](Nc1ccc(Cl)c(Br)n1)c1ccccc1. The van der Waals surface area contributed by atoms with Crippen LogP contribution in [0.5, 0.6) is 0 Å². The first-order chi connectivity index (χ1) is 8.16. The van der Waals surface area contributed by atoms with Gasteiger partial charge in [0, 0.05) is 6.04 Å². The van der Waals surface area contributed by atoms with Crippen LogP contribution in [0.1, 0.15) is 18.5 Å². The third-order valence-electron chi connectivity index (χ3n) is 2.47. The highest BCUT2D eigenvalue weighted by Gasteiger charge is 2.06. The Bertz CT molecular complexity index is 502. The molecule has 2 nitrogen and oxygen atoms in total. The Morgan fingerprint density at radius 3 is 2.53 bits per heavy atom. The molecule has 1 aromatic carbocycles. The Labute approximate surface area is 114 Å². The van der Waals surface area contributed by atoms with Crippen molar-refractivity contribution in [3.05, 3.63) is 57.7 Å². The molecule has 0 spiro atoms. The average molecular weight is 312 g/mol. The van der Waals surface area contributed by atoms with Crippen molar-refractivity contribution in [2.45, 2.75) is 13.0 Å². The smallest absolute Gasteiger partial charge is 0.127 e. The van der Waals surface area contributed by atoms with Crippen molar-refractivity contribution < 1.29 is 0 Å². The van der Waals surface area contributed by atoms with Crippen LogP contribution in [0.15, 0.2) is 47.1 Å². The largest absolute Gasteiger partial charge is 0.364 e. The van der Waals surface area contributed by atoms with Gasteiger partial charge in [0.2, 0.25) is 0 Å². The first-order valence-corrected chi connectivity index (χ1v) is 6.47. The van der Waals surface area contributed by atoms with Crippen LogP contribution in [-0.2, 0) is 0 Å². The number of aromatic nitrogens is 1. The number of benzene rings is 1. The molecule has 88 valence electrons. The van der Waals surface area contributed by atoms with E-state index in [9.17, 15) is 0 Å². The van der Waals surface area contributed by atoms with E-state index in [1.54, 1.807) is 0 Å². The zero-order valence-electron chi connectivity index (χ0n) is 9.32. The van der Waals surface area contributed by atoms with Gasteiger partial charge < -0.3 is 5.32 Å². The third-order valence-corrected chi connectivity index (χ3v) is 3.60. The predicted molar refractivity (Wildman–Crippen MR) is 75.4 cm³/mol. The van der Waals surface area contributed by atoms with Gasteiger partial charge in [0.25, 0.3) is 0 Å². The van der Waals surface area contributed by atoms with E-state index < -0.39 is 0 Å². The lowest BCUT2D eigenvalue weighted by Crippen LogP contribution is -2.07. The monoisotopic (exact) mass is 310 g/mol. The van der Waals surface area contributed by atoms with Crippen molar-refractivity contribution in [2.24, 2.45) is 0 Å². The van der Waals surface area contributed by atoms with Gasteiger partial charge in [-0.15, -0.1) is 0 Å². The summed E-state index contributed by atoms with van der Waals surface area (Å²) in [5.74, 6) is 0.803. The topological polar surface area (TPSA) is 24.9 Å². The predicted octanol–water partition coefficient (Wildman–Crippen LogP) is 4.67. The van der Waals surface area contributed by atoms with Crippen molar-refractivity contribution in [2.75, 3.05) is 5.32 Å². The molecule has 1 heterocycles. The van der Waals surface area contributed by atoms with Crippen molar-refractivity contribution in [1.29, 1.82) is 0 Å². The third kappa shape index (κ3) is 3.20. The minimum absolute atomic E-state index is 0.205. The van der Waals surface area contributed by atoms with Gasteiger partial charge in [-0.05, 0) is 40.5 Å². The van der Waals surface area contributed by atoms with Crippen LogP contribution in [0, 0.1) is 0 Å². The van der Waals surface area contributed by atoms with E-state index in [0.717, 1.165) is 5.82 Å². The zero-order chi connectivity index (χ0) is 12.3. The quantitative estimate of drug-likeness (QED) is 0.833. The Hall–Kier alpha value is -1.06. The molecule has 0 saturated carbocycles. The Morgan fingerprint density at radius 2 is 1.88 bits per heavy atom. The van der Waals surface area contributed by atoms with Crippen LogP contribution < -0.4 is 5.32 Å². The number of nitrogens with zero attached hydrogens (tertiary/aromatic N) is 1. The Morgan fingerprint density at radius 1 is 1.18 bits per heavy atom. The highest BCUT2D eigenvalue weighted by atomic mass is 79.9. The Balaban J connectivity index is 2.13. The van der Waals surface area contributed by atoms with Gasteiger partial charge in [-0.3, -0.25) is 0 Å². The normalized spacial score (nSPS) is 12.2. The molecule has 1 atom stereocenters. The molecule has 0 amide bonds. The molecule has 2 aromatic rings. The summed E-state index contributed by atoms with van der Waals surface area (Å²) in [5.41, 5.74) is 1.22. The van der Waals surface area contributed by atoms with E-state index in [2.05, 4.69) is 45.3 Å². The van der Waals surface area contributed by atoms with Crippen LogP contribution in [0.4, 0.5) is 5.82 Å². The lowest BCUT2D eigenvalue weighted by molar-refractivity contribution is 0.873. The van der Waals surface area contributed by atoms with E-state index in [4.69, 9.17) is 11.6 Å². The van der Waals surface area contributed by atoms with E-state index in [-0.39, 0.29) is 6.04 Å². The number of hydrogen-bond donors (Lipinski definition) is 1. The van der Waals surface area contributed by atoms with Gasteiger partial charge in [-0.2, -0.15) is 0 Å². The molecule has 0 bridgehead atoms. The summed E-state index contributed by atoms with van der Waals surface area (Å²) in [5, 5.41) is 3.94. The van der Waals surface area contributed by atoms with Crippen molar-refractivity contribution in [3.8, 4) is 0 Å². The van der Waals surface area contributed by atoms with Gasteiger partial charge in [-0.25, -0.2) is 4.98 Å². The molecule has 0 saturated heterocycles. The molecule has 0 aliphatic carbocycles. The van der Waals surface area contributed by atoms with Crippen molar-refractivity contribution >= 4 is 33.3 Å². The maximum Gasteiger partial charge on any atom is 0.127 e. The molecule has 17 heavy (non-hydrogen) atoms. The van der Waals surface area contributed by atoms with Gasteiger partial charge in [0.15, 0.2) is 0 Å². The maximum atomic E-state index is 5.90. The summed E-state index contributed by atoms with van der Waals surface area (Å²) >= 11 is 9.21. The van der Waals surface area contributed by atoms with Gasteiger partial charge in [-0.1, -0.05) is 41.9 Å². The van der Waals surface area contributed by atoms with Crippen LogP contribution in [0.25, 0.3) is 0 Å². The summed E-state index contributed by atoms with van der Waals surface area (Å²) in [4.78, 5) is 4.31. The summed E-state index contributed by atoms with van der Waals surface area (Å²) in [6.45, 7) is 2.10. The van der Waals surface area contributed by atoms with Crippen molar-refractivity contribution in [1.82, 2.24) is 4.98 Å². The molecule has 2 rings (SSSR count). The van der Waals surface area contributed by atoms with Gasteiger partial charge in [0.1, 0.15) is 10.4 Å². The van der Waals surface area contributed by atoms with E-state index >= 15 is 0 Å². The molecular weight excluding hydrogens is 300 g/mol. The van der Waals surface area contributed by atoms with Gasteiger partial charge in [0.05, 0.1) is 5.02 Å². The lowest BCUT2D eigenvalue weighted by atomic mass is 10.1. The van der Waals surface area contributed by atoms with Crippen LogP contribution in [0.3, 0.4) is 0 Å². The van der Waals surface area contributed by atoms with Gasteiger partial charge >= 0.3 is 0 Å². The second-order valence-corrected chi connectivity index (χ2v) is 4.90. The first-order valence-electron chi connectivity index (χ1n) is 5.30. The second-order valence-electron chi connectivity index (χ2n) is 3.75. The summed E-state index contributed by atoms with van der Waals surface area (Å²) in [6, 6.07) is 14.1. The van der Waals surface area contributed by atoms with Crippen molar-refractivity contribution in [3.63, 3.8) is 0 Å². The Kier molecular flexibility index (Phi) is 4.02. The fourth-order valence-corrected chi connectivity index (χ4v) is 1.97. The first kappa shape index (κ1) is 12.4. The fourth-order valence-electron chi connectivity index (χ4n) is 1.54. The van der Waals surface area contributed by atoms with E-state index in [0.29, 0.717) is 9.63 Å². The molecular formula is C13H12BrClN2. The van der Waals surface area contributed by atoms with E-state index in [1.807, 2.05) is 30.3 Å². The number of halogens is 2. The minimum Gasteiger partial charge on any atom is -0.364 e. The molecule has 0 aliphatic rings.